The number of rotatable bonds is 5. The fourth-order valence-corrected chi connectivity index (χ4v) is 1.95. The van der Waals surface area contributed by atoms with Crippen molar-refractivity contribution in [3.05, 3.63) is 0 Å². The first-order valence-electron chi connectivity index (χ1n) is 4.39. The molecule has 0 aliphatic carbocycles. The fraction of sp³-hybridized carbons (Fsp3) is 0.625. The minimum absolute atomic E-state index is 0.287. The topological polar surface area (TPSA) is 112 Å². The van der Waals surface area contributed by atoms with Crippen molar-refractivity contribution in [3.8, 4) is 0 Å². The summed E-state index contributed by atoms with van der Waals surface area (Å²) in [7, 11) is 0. The molecule has 15 heavy (non-hydrogen) atoms. The van der Waals surface area contributed by atoms with E-state index in [4.69, 9.17) is 15.3 Å². The van der Waals surface area contributed by atoms with Crippen LogP contribution in [0, 0.1) is 0 Å². The summed E-state index contributed by atoms with van der Waals surface area (Å²) in [6, 6.07) is -0.905. The van der Waals surface area contributed by atoms with Gasteiger partial charge >= 0.3 is 17.9 Å². The molecule has 0 aromatic carbocycles. The number of carbonyl (C=O) groups is 3. The Bertz CT molecular complexity index is 296. The smallest absolute Gasteiger partial charge is 0.362 e. The predicted octanol–water partition coefficient (Wildman–Crippen LogP) is -1.17. The highest BCUT2D eigenvalue weighted by Gasteiger charge is 2.53. The van der Waals surface area contributed by atoms with Gasteiger partial charge in [-0.25, -0.2) is 14.4 Å². The van der Waals surface area contributed by atoms with E-state index in [0.29, 0.717) is 6.42 Å². The summed E-state index contributed by atoms with van der Waals surface area (Å²) >= 11 is 0. The van der Waals surface area contributed by atoms with Gasteiger partial charge in [0.15, 0.2) is 19.1 Å². The van der Waals surface area contributed by atoms with Crippen molar-refractivity contribution in [2.75, 3.05) is 19.6 Å². The van der Waals surface area contributed by atoms with Crippen molar-refractivity contribution in [1.82, 2.24) is 0 Å². The summed E-state index contributed by atoms with van der Waals surface area (Å²) in [5.74, 6) is -3.49. The normalized spacial score (nSPS) is 22.8. The number of carboxylic acid groups (broad SMARTS) is 3. The summed E-state index contributed by atoms with van der Waals surface area (Å²) in [4.78, 5) is 31.9. The molecule has 1 aliphatic rings. The van der Waals surface area contributed by atoms with E-state index in [1.54, 1.807) is 0 Å². The van der Waals surface area contributed by atoms with Gasteiger partial charge in [-0.15, -0.1) is 0 Å². The summed E-state index contributed by atoms with van der Waals surface area (Å²) in [6.07, 6.45) is 0.329. The second-order valence-corrected chi connectivity index (χ2v) is 3.69. The van der Waals surface area contributed by atoms with Crippen molar-refractivity contribution in [2.24, 2.45) is 0 Å². The number of hydrogen-bond donors (Lipinski definition) is 3. The molecule has 1 atom stereocenters. The van der Waals surface area contributed by atoms with Crippen LogP contribution in [0.4, 0.5) is 0 Å². The number of carboxylic acids is 3. The number of nitrogens with zero attached hydrogens (tertiary/aromatic N) is 1. The van der Waals surface area contributed by atoms with Crippen molar-refractivity contribution in [2.45, 2.75) is 12.5 Å². The molecule has 1 aliphatic heterocycles. The van der Waals surface area contributed by atoms with Gasteiger partial charge in [0.05, 0.1) is 13.0 Å². The summed E-state index contributed by atoms with van der Waals surface area (Å²) < 4.78 is -0.389. The Morgan fingerprint density at radius 3 is 1.73 bits per heavy atom. The van der Waals surface area contributed by atoms with Crippen LogP contribution in [0.1, 0.15) is 6.42 Å². The van der Waals surface area contributed by atoms with E-state index >= 15 is 0 Å². The zero-order chi connectivity index (χ0) is 11.6. The maximum Gasteiger partial charge on any atom is 0.362 e. The molecule has 1 unspecified atom stereocenters. The molecule has 1 rings (SSSR count). The Morgan fingerprint density at radius 2 is 1.53 bits per heavy atom. The fourth-order valence-electron chi connectivity index (χ4n) is 1.95. The SMILES string of the molecule is O=C(O)C[N+]1(CC(=O)O)CCC1C(=O)O. The zero-order valence-corrected chi connectivity index (χ0v) is 7.92. The van der Waals surface area contributed by atoms with Crippen molar-refractivity contribution < 1.29 is 34.2 Å². The first-order valence-corrected chi connectivity index (χ1v) is 4.39. The molecule has 1 saturated heterocycles. The first-order chi connectivity index (χ1) is 6.87. The van der Waals surface area contributed by atoms with Crippen LogP contribution >= 0.6 is 0 Å². The molecule has 84 valence electrons. The van der Waals surface area contributed by atoms with E-state index in [-0.39, 0.29) is 11.0 Å². The molecule has 1 heterocycles. The molecule has 0 aromatic rings. The largest absolute Gasteiger partial charge is 0.477 e. The average Bonchev–Trinajstić information content (AvgIpc) is 1.97. The molecule has 0 bridgehead atoms. The lowest BCUT2D eigenvalue weighted by molar-refractivity contribution is -0.968. The van der Waals surface area contributed by atoms with Crippen LogP contribution in [-0.2, 0) is 14.4 Å². The second kappa shape index (κ2) is 3.85. The third-order valence-corrected chi connectivity index (χ3v) is 2.69. The van der Waals surface area contributed by atoms with Gasteiger partial charge in [0.2, 0.25) is 0 Å². The van der Waals surface area contributed by atoms with Crippen molar-refractivity contribution >= 4 is 17.9 Å². The van der Waals surface area contributed by atoms with Crippen molar-refractivity contribution in [3.63, 3.8) is 0 Å². The summed E-state index contributed by atoms with van der Waals surface area (Å²) in [5, 5.41) is 26.0. The Morgan fingerprint density at radius 1 is 1.07 bits per heavy atom. The molecule has 3 N–H and O–H groups in total. The number of aliphatic carboxylic acids is 3. The molecule has 1 fully saturated rings. The van der Waals surface area contributed by atoms with Crippen LogP contribution in [-0.4, -0.2) is 63.4 Å². The van der Waals surface area contributed by atoms with Crippen LogP contribution < -0.4 is 0 Å². The number of hydrogen-bond acceptors (Lipinski definition) is 3. The van der Waals surface area contributed by atoms with Crippen molar-refractivity contribution in [1.29, 1.82) is 0 Å². The Balaban J connectivity index is 2.82. The Hall–Kier alpha value is -1.63. The van der Waals surface area contributed by atoms with E-state index in [9.17, 15) is 14.4 Å². The van der Waals surface area contributed by atoms with Crippen LogP contribution in [0.3, 0.4) is 0 Å². The van der Waals surface area contributed by atoms with Crippen LogP contribution in [0.5, 0.6) is 0 Å². The molecular formula is C8H12NO6+. The molecular weight excluding hydrogens is 206 g/mol. The van der Waals surface area contributed by atoms with Crippen LogP contribution in [0.25, 0.3) is 0 Å². The first kappa shape index (κ1) is 11.4. The highest BCUT2D eigenvalue weighted by Crippen LogP contribution is 2.28. The maximum absolute atomic E-state index is 10.8. The van der Waals surface area contributed by atoms with Gasteiger partial charge in [0.25, 0.3) is 0 Å². The van der Waals surface area contributed by atoms with Gasteiger partial charge in [-0.3, -0.25) is 4.48 Å². The van der Waals surface area contributed by atoms with E-state index in [0.717, 1.165) is 0 Å². The average molecular weight is 218 g/mol. The highest BCUT2D eigenvalue weighted by molar-refractivity contribution is 5.76. The van der Waals surface area contributed by atoms with Crippen LogP contribution in [0.2, 0.25) is 0 Å². The lowest BCUT2D eigenvalue weighted by Gasteiger charge is -2.48. The highest BCUT2D eigenvalue weighted by atomic mass is 16.4. The monoisotopic (exact) mass is 218 g/mol. The summed E-state index contributed by atoms with van der Waals surface area (Å²) in [6.45, 7) is -0.623. The van der Waals surface area contributed by atoms with E-state index in [1.165, 1.54) is 0 Å². The number of likely N-dealkylation sites (tertiary alicyclic amines) is 1. The predicted molar refractivity (Wildman–Crippen MR) is 46.2 cm³/mol. The van der Waals surface area contributed by atoms with E-state index in [2.05, 4.69) is 0 Å². The molecule has 0 radical (unpaired) electrons. The summed E-state index contributed by atoms with van der Waals surface area (Å²) in [5.41, 5.74) is 0. The molecule has 0 saturated carbocycles. The molecule has 7 heteroatoms. The second-order valence-electron chi connectivity index (χ2n) is 3.69. The van der Waals surface area contributed by atoms with Crippen LogP contribution in [0.15, 0.2) is 0 Å². The lowest BCUT2D eigenvalue weighted by atomic mass is 9.97. The third-order valence-electron chi connectivity index (χ3n) is 2.69. The van der Waals surface area contributed by atoms with Gasteiger partial charge in [0.1, 0.15) is 0 Å². The quantitative estimate of drug-likeness (QED) is 0.501. The Kier molecular flexibility index (Phi) is 2.94. The third kappa shape index (κ3) is 2.24. The van der Waals surface area contributed by atoms with E-state index in [1.807, 2.05) is 0 Å². The van der Waals surface area contributed by atoms with E-state index < -0.39 is 37.0 Å². The molecule has 0 spiro atoms. The zero-order valence-electron chi connectivity index (χ0n) is 7.92. The minimum Gasteiger partial charge on any atom is -0.477 e. The molecule has 7 nitrogen and oxygen atoms in total. The van der Waals surface area contributed by atoms with Gasteiger partial charge in [-0.2, -0.15) is 0 Å². The molecule has 0 amide bonds. The minimum atomic E-state index is -1.18. The number of quaternary nitrogens is 1. The maximum atomic E-state index is 10.8. The molecule has 0 aromatic heterocycles. The van der Waals surface area contributed by atoms with Gasteiger partial charge < -0.3 is 15.3 Å². The lowest BCUT2D eigenvalue weighted by Crippen LogP contribution is -2.70. The van der Waals surface area contributed by atoms with Gasteiger partial charge in [-0.1, -0.05) is 0 Å². The standard InChI is InChI=1S/C8H11NO6/c10-6(11)3-9(4-7(12)13)2-1-5(9)8(14)15/h5H,1-4H2,(H2-,10,11,12,13,14,15)/p+1. The van der Waals surface area contributed by atoms with Gasteiger partial charge in [-0.05, 0) is 0 Å². The Labute approximate surface area is 85.1 Å². The van der Waals surface area contributed by atoms with Gasteiger partial charge in [0, 0.05) is 0 Å².